The molecule has 23 heavy (non-hydrogen) atoms. The van der Waals surface area contributed by atoms with Crippen LogP contribution in [0.5, 0.6) is 23.0 Å². The highest BCUT2D eigenvalue weighted by atomic mass is 16.5. The summed E-state index contributed by atoms with van der Waals surface area (Å²) in [6.45, 7) is 0. The second kappa shape index (κ2) is 7.54. The highest BCUT2D eigenvalue weighted by molar-refractivity contribution is 6.09. The highest BCUT2D eigenvalue weighted by Crippen LogP contribution is 2.44. The lowest BCUT2D eigenvalue weighted by Crippen LogP contribution is -2.04. The summed E-state index contributed by atoms with van der Waals surface area (Å²) < 4.78 is 15.5. The fraction of sp³-hybridized carbons (Fsp3) is 0.278. The predicted molar refractivity (Wildman–Crippen MR) is 87.6 cm³/mol. The van der Waals surface area contributed by atoms with Gasteiger partial charge in [0.15, 0.2) is 17.3 Å². The molecule has 0 spiro atoms. The summed E-state index contributed by atoms with van der Waals surface area (Å²) in [6.07, 6.45) is 12.0. The number of carbonyl (C=O) groups excluding carboxylic acids is 1. The standard InChI is InChI=1S/C18H20O5/c1-21-14-11-15(22-2)18(23-3)17(20)16(14)13(19)10-9-12-7-5-4-6-8-12/h4-7,9-12,20H,8H2,1-3H3. The normalized spacial score (nSPS) is 16.6. The third-order valence-electron chi connectivity index (χ3n) is 3.58. The Kier molecular flexibility index (Phi) is 5.46. The number of rotatable bonds is 6. The van der Waals surface area contributed by atoms with Gasteiger partial charge in [-0.25, -0.2) is 0 Å². The summed E-state index contributed by atoms with van der Waals surface area (Å²) in [4.78, 5) is 12.5. The lowest BCUT2D eigenvalue weighted by Gasteiger charge is -2.15. The summed E-state index contributed by atoms with van der Waals surface area (Å²) in [7, 11) is 4.27. The second-order valence-corrected chi connectivity index (χ2v) is 4.97. The van der Waals surface area contributed by atoms with Crippen LogP contribution < -0.4 is 14.2 Å². The van der Waals surface area contributed by atoms with E-state index >= 15 is 0 Å². The Morgan fingerprint density at radius 3 is 2.48 bits per heavy atom. The predicted octanol–water partition coefficient (Wildman–Crippen LogP) is 3.29. The Balaban J connectivity index is 2.37. The zero-order chi connectivity index (χ0) is 16.8. The van der Waals surface area contributed by atoms with E-state index in [1.807, 2.05) is 24.3 Å². The van der Waals surface area contributed by atoms with Gasteiger partial charge in [0, 0.05) is 6.07 Å². The number of benzene rings is 1. The zero-order valence-electron chi connectivity index (χ0n) is 13.4. The first-order valence-electron chi connectivity index (χ1n) is 7.20. The second-order valence-electron chi connectivity index (χ2n) is 4.97. The minimum absolute atomic E-state index is 0.0525. The molecule has 0 fully saturated rings. The van der Waals surface area contributed by atoms with Crippen molar-refractivity contribution in [2.45, 2.75) is 6.42 Å². The first-order chi connectivity index (χ1) is 11.1. The number of phenolic OH excluding ortho intramolecular Hbond substituents is 1. The number of hydrogen-bond donors (Lipinski definition) is 1. The van der Waals surface area contributed by atoms with Crippen LogP contribution in [0.3, 0.4) is 0 Å². The zero-order valence-corrected chi connectivity index (χ0v) is 13.4. The van der Waals surface area contributed by atoms with Crippen molar-refractivity contribution in [3.05, 3.63) is 48.1 Å². The van der Waals surface area contributed by atoms with Gasteiger partial charge in [-0.1, -0.05) is 30.4 Å². The van der Waals surface area contributed by atoms with E-state index in [4.69, 9.17) is 14.2 Å². The number of aromatic hydroxyl groups is 1. The number of methoxy groups -OCH3 is 3. The van der Waals surface area contributed by atoms with Crippen LogP contribution in [0.15, 0.2) is 42.5 Å². The van der Waals surface area contributed by atoms with Gasteiger partial charge in [-0.3, -0.25) is 4.79 Å². The average Bonchev–Trinajstić information content (AvgIpc) is 2.59. The number of hydrogen-bond acceptors (Lipinski definition) is 5. The lowest BCUT2D eigenvalue weighted by molar-refractivity contribution is 0.104. The Morgan fingerprint density at radius 2 is 1.91 bits per heavy atom. The molecule has 1 aliphatic rings. The van der Waals surface area contributed by atoms with Gasteiger partial charge >= 0.3 is 0 Å². The molecule has 5 heteroatoms. The first-order valence-corrected chi connectivity index (χ1v) is 7.20. The maximum Gasteiger partial charge on any atom is 0.204 e. The third-order valence-corrected chi connectivity index (χ3v) is 3.58. The van der Waals surface area contributed by atoms with Gasteiger partial charge in [-0.2, -0.15) is 0 Å². The molecular formula is C18H20O5. The van der Waals surface area contributed by atoms with Crippen LogP contribution in [0.2, 0.25) is 0 Å². The molecule has 0 radical (unpaired) electrons. The van der Waals surface area contributed by atoms with Crippen molar-refractivity contribution in [2.24, 2.45) is 5.92 Å². The molecule has 122 valence electrons. The topological polar surface area (TPSA) is 65.0 Å². The van der Waals surface area contributed by atoms with Gasteiger partial charge in [-0.15, -0.1) is 0 Å². The molecule has 0 aliphatic heterocycles. The number of phenols is 1. The summed E-state index contributed by atoms with van der Waals surface area (Å²) >= 11 is 0. The quantitative estimate of drug-likeness (QED) is 0.644. The van der Waals surface area contributed by atoms with Crippen molar-refractivity contribution >= 4 is 5.78 Å². The molecule has 0 saturated carbocycles. The van der Waals surface area contributed by atoms with E-state index in [0.29, 0.717) is 5.75 Å². The molecule has 1 aromatic carbocycles. The summed E-state index contributed by atoms with van der Waals surface area (Å²) in [5.74, 6) is 0.139. The Hall–Kier alpha value is -2.69. The molecule has 5 nitrogen and oxygen atoms in total. The van der Waals surface area contributed by atoms with Crippen molar-refractivity contribution in [3.63, 3.8) is 0 Å². The Bertz CT molecular complexity index is 670. The monoisotopic (exact) mass is 316 g/mol. The molecule has 1 unspecified atom stereocenters. The molecule has 1 N–H and O–H groups in total. The van der Waals surface area contributed by atoms with E-state index < -0.39 is 0 Å². The fourth-order valence-corrected chi connectivity index (χ4v) is 2.39. The number of carbonyl (C=O) groups is 1. The number of ketones is 1. The van der Waals surface area contributed by atoms with E-state index in [-0.39, 0.29) is 34.5 Å². The van der Waals surface area contributed by atoms with Crippen molar-refractivity contribution < 1.29 is 24.1 Å². The minimum Gasteiger partial charge on any atom is -0.504 e. The molecule has 2 rings (SSSR count). The fourth-order valence-electron chi connectivity index (χ4n) is 2.39. The maximum atomic E-state index is 12.5. The van der Waals surface area contributed by atoms with Crippen LogP contribution in [0.4, 0.5) is 0 Å². The average molecular weight is 316 g/mol. The molecule has 0 amide bonds. The number of allylic oxidation sites excluding steroid dienone is 6. The molecule has 1 aromatic rings. The van der Waals surface area contributed by atoms with Crippen LogP contribution in [0, 0.1) is 5.92 Å². The van der Waals surface area contributed by atoms with Gasteiger partial charge < -0.3 is 19.3 Å². The highest BCUT2D eigenvalue weighted by Gasteiger charge is 2.23. The smallest absolute Gasteiger partial charge is 0.204 e. The maximum absolute atomic E-state index is 12.5. The van der Waals surface area contributed by atoms with Crippen LogP contribution in [-0.2, 0) is 0 Å². The van der Waals surface area contributed by atoms with E-state index in [0.717, 1.165) is 6.42 Å². The van der Waals surface area contributed by atoms with Crippen LogP contribution in [0.1, 0.15) is 16.8 Å². The lowest BCUT2D eigenvalue weighted by atomic mass is 9.98. The van der Waals surface area contributed by atoms with E-state index in [9.17, 15) is 9.90 Å². The molecular weight excluding hydrogens is 296 g/mol. The largest absolute Gasteiger partial charge is 0.504 e. The molecule has 0 aromatic heterocycles. The van der Waals surface area contributed by atoms with E-state index in [1.165, 1.54) is 33.5 Å². The van der Waals surface area contributed by atoms with Gasteiger partial charge in [0.05, 0.1) is 21.3 Å². The SMILES string of the molecule is COc1cc(OC)c(C(=O)C=CC2C=CC=CC2)c(O)c1OC. The molecule has 1 atom stereocenters. The Morgan fingerprint density at radius 1 is 1.17 bits per heavy atom. The van der Waals surface area contributed by atoms with Crippen molar-refractivity contribution in [2.75, 3.05) is 21.3 Å². The third kappa shape index (κ3) is 3.56. The van der Waals surface area contributed by atoms with Gasteiger partial charge in [0.1, 0.15) is 11.3 Å². The Labute approximate surface area is 135 Å². The first kappa shape index (κ1) is 16.7. The van der Waals surface area contributed by atoms with Crippen LogP contribution in [0.25, 0.3) is 0 Å². The van der Waals surface area contributed by atoms with Crippen molar-refractivity contribution in [3.8, 4) is 23.0 Å². The number of ether oxygens (including phenoxy) is 3. The van der Waals surface area contributed by atoms with E-state index in [2.05, 4.69) is 0 Å². The molecule has 0 heterocycles. The van der Waals surface area contributed by atoms with Crippen molar-refractivity contribution in [1.29, 1.82) is 0 Å². The summed E-state index contributed by atoms with van der Waals surface area (Å²) in [5, 5.41) is 10.4. The van der Waals surface area contributed by atoms with Gasteiger partial charge in [-0.05, 0) is 18.4 Å². The summed E-state index contributed by atoms with van der Waals surface area (Å²) in [5.41, 5.74) is 0.0525. The molecule has 0 bridgehead atoms. The van der Waals surface area contributed by atoms with Crippen LogP contribution >= 0.6 is 0 Å². The van der Waals surface area contributed by atoms with E-state index in [1.54, 1.807) is 6.08 Å². The van der Waals surface area contributed by atoms with Crippen LogP contribution in [-0.4, -0.2) is 32.2 Å². The van der Waals surface area contributed by atoms with Crippen molar-refractivity contribution in [1.82, 2.24) is 0 Å². The van der Waals surface area contributed by atoms with Gasteiger partial charge in [0.2, 0.25) is 5.75 Å². The molecule has 1 aliphatic carbocycles. The van der Waals surface area contributed by atoms with Gasteiger partial charge in [0.25, 0.3) is 0 Å². The minimum atomic E-state index is -0.358. The molecule has 0 saturated heterocycles. The summed E-state index contributed by atoms with van der Waals surface area (Å²) in [6, 6.07) is 1.52.